The van der Waals surface area contributed by atoms with Crippen LogP contribution in [0, 0.1) is 15.9 Å². The molecule has 4 amide bonds. The third-order valence-electron chi connectivity index (χ3n) is 5.04. The van der Waals surface area contributed by atoms with Gasteiger partial charge in [0.1, 0.15) is 11.4 Å². The Hall–Kier alpha value is -4.12. The average Bonchev–Trinajstić information content (AvgIpc) is 2.77. The Morgan fingerprint density at radius 3 is 2.53 bits per heavy atom. The largest absolute Gasteiger partial charge is 0.378 e. The van der Waals surface area contributed by atoms with E-state index < -0.39 is 34.2 Å². The number of rotatable bonds is 4. The highest BCUT2D eigenvalue weighted by atomic mass is 19.1. The minimum Gasteiger partial charge on any atom is -0.378 e. The number of urea groups is 1. The van der Waals surface area contributed by atoms with Crippen LogP contribution in [0.2, 0.25) is 0 Å². The molecule has 0 aromatic heterocycles. The standard InChI is InChI=1S/C21H17FN4O6/c22-14-2-1-3-15(12-14)25-20(28)17(19(27)23-21(25)29)11-13-10-16(26(30)31)4-5-18(13)24-6-8-32-9-7-24/h1-5,10-12H,6-9H2,(H,23,27,29)/b17-11-. The second-order valence-corrected chi connectivity index (χ2v) is 7.04. The summed E-state index contributed by atoms with van der Waals surface area (Å²) in [6, 6.07) is 7.90. The number of nitro benzene ring substituents is 1. The molecule has 2 fully saturated rings. The summed E-state index contributed by atoms with van der Waals surface area (Å²) in [7, 11) is 0. The number of hydrogen-bond acceptors (Lipinski definition) is 7. The monoisotopic (exact) mass is 440 g/mol. The van der Waals surface area contributed by atoms with Crippen LogP contribution >= 0.6 is 0 Å². The lowest BCUT2D eigenvalue weighted by Crippen LogP contribution is -2.54. The SMILES string of the molecule is O=C1NC(=O)N(c2cccc(F)c2)C(=O)/C1=C\c1cc([N+](=O)[O-])ccc1N1CCOCC1. The molecule has 0 spiro atoms. The van der Waals surface area contributed by atoms with Crippen molar-refractivity contribution in [3.63, 3.8) is 0 Å². The van der Waals surface area contributed by atoms with E-state index in [2.05, 4.69) is 5.32 Å². The molecule has 10 nitrogen and oxygen atoms in total. The molecule has 2 aromatic carbocycles. The number of benzene rings is 2. The highest BCUT2D eigenvalue weighted by Crippen LogP contribution is 2.30. The van der Waals surface area contributed by atoms with Gasteiger partial charge in [-0.05, 0) is 30.3 Å². The number of ether oxygens (including phenoxy) is 1. The van der Waals surface area contributed by atoms with Gasteiger partial charge in [-0.25, -0.2) is 14.1 Å². The zero-order valence-electron chi connectivity index (χ0n) is 16.6. The number of non-ortho nitro benzene ring substituents is 1. The smallest absolute Gasteiger partial charge is 0.335 e. The normalized spacial score (nSPS) is 18.2. The van der Waals surface area contributed by atoms with Crippen molar-refractivity contribution in [2.45, 2.75) is 0 Å². The van der Waals surface area contributed by atoms with Gasteiger partial charge in [0.05, 0.1) is 23.8 Å². The maximum absolute atomic E-state index is 13.6. The zero-order valence-corrected chi connectivity index (χ0v) is 16.6. The summed E-state index contributed by atoms with van der Waals surface area (Å²) in [4.78, 5) is 51.1. The van der Waals surface area contributed by atoms with E-state index in [1.165, 1.54) is 36.4 Å². The molecule has 2 aliphatic rings. The number of carbonyl (C=O) groups excluding carboxylic acids is 3. The fourth-order valence-corrected chi connectivity index (χ4v) is 3.53. The number of nitrogens with one attached hydrogen (secondary N) is 1. The van der Waals surface area contributed by atoms with E-state index in [0.29, 0.717) is 36.9 Å². The molecule has 32 heavy (non-hydrogen) atoms. The first-order valence-electron chi connectivity index (χ1n) is 9.63. The van der Waals surface area contributed by atoms with Crippen LogP contribution in [0.25, 0.3) is 6.08 Å². The van der Waals surface area contributed by atoms with Crippen molar-refractivity contribution in [2.75, 3.05) is 36.1 Å². The number of nitro groups is 1. The maximum Gasteiger partial charge on any atom is 0.335 e. The van der Waals surface area contributed by atoms with Crippen molar-refractivity contribution >= 4 is 41.0 Å². The van der Waals surface area contributed by atoms with Gasteiger partial charge >= 0.3 is 6.03 Å². The Kier molecular flexibility index (Phi) is 5.65. The van der Waals surface area contributed by atoms with E-state index in [0.717, 1.165) is 12.1 Å². The lowest BCUT2D eigenvalue weighted by molar-refractivity contribution is -0.384. The van der Waals surface area contributed by atoms with E-state index in [1.54, 1.807) is 0 Å². The number of morpholine rings is 1. The minimum absolute atomic E-state index is 0.0571. The Morgan fingerprint density at radius 2 is 1.84 bits per heavy atom. The van der Waals surface area contributed by atoms with Crippen LogP contribution in [0.3, 0.4) is 0 Å². The number of hydrogen-bond donors (Lipinski definition) is 1. The summed E-state index contributed by atoms with van der Waals surface area (Å²) in [5, 5.41) is 13.3. The van der Waals surface area contributed by atoms with Crippen LogP contribution in [0.15, 0.2) is 48.0 Å². The van der Waals surface area contributed by atoms with Gasteiger partial charge in [-0.2, -0.15) is 0 Å². The molecule has 1 N–H and O–H groups in total. The molecule has 0 radical (unpaired) electrons. The molecule has 0 unspecified atom stereocenters. The Morgan fingerprint density at radius 1 is 1.09 bits per heavy atom. The Labute approximate surface area is 181 Å². The number of carbonyl (C=O) groups is 3. The molecule has 11 heteroatoms. The summed E-state index contributed by atoms with van der Waals surface area (Å²) in [6.07, 6.45) is 1.20. The highest BCUT2D eigenvalue weighted by Gasteiger charge is 2.37. The fourth-order valence-electron chi connectivity index (χ4n) is 3.53. The maximum atomic E-state index is 13.6. The van der Waals surface area contributed by atoms with E-state index in [4.69, 9.17) is 4.74 Å². The van der Waals surface area contributed by atoms with Crippen molar-refractivity contribution in [1.82, 2.24) is 5.32 Å². The minimum atomic E-state index is -1.02. The molecule has 2 saturated heterocycles. The van der Waals surface area contributed by atoms with Crippen LogP contribution in [0.4, 0.5) is 26.2 Å². The number of halogens is 1. The quantitative estimate of drug-likeness (QED) is 0.335. The van der Waals surface area contributed by atoms with E-state index in [9.17, 15) is 28.9 Å². The van der Waals surface area contributed by atoms with Gasteiger partial charge in [-0.1, -0.05) is 6.07 Å². The van der Waals surface area contributed by atoms with Crippen LogP contribution in [-0.4, -0.2) is 49.1 Å². The molecular formula is C21H17FN4O6. The number of barbiturate groups is 1. The van der Waals surface area contributed by atoms with Gasteiger partial charge in [0, 0.05) is 36.5 Å². The second kappa shape index (κ2) is 8.55. The summed E-state index contributed by atoms with van der Waals surface area (Å²) in [5.41, 5.74) is 0.132. The lowest BCUT2D eigenvalue weighted by atomic mass is 10.0. The summed E-state index contributed by atoms with van der Waals surface area (Å²) in [6.45, 7) is 1.94. The number of anilines is 2. The van der Waals surface area contributed by atoms with Crippen molar-refractivity contribution in [3.05, 3.63) is 69.5 Å². The molecule has 2 aromatic rings. The summed E-state index contributed by atoms with van der Waals surface area (Å²) in [5.74, 6) is -2.59. The van der Waals surface area contributed by atoms with Crippen LogP contribution in [-0.2, 0) is 14.3 Å². The van der Waals surface area contributed by atoms with Crippen molar-refractivity contribution in [3.8, 4) is 0 Å². The molecule has 0 saturated carbocycles. The van der Waals surface area contributed by atoms with Gasteiger partial charge in [-0.3, -0.25) is 25.0 Å². The van der Waals surface area contributed by atoms with Crippen molar-refractivity contribution in [2.24, 2.45) is 0 Å². The van der Waals surface area contributed by atoms with Gasteiger partial charge in [0.15, 0.2) is 0 Å². The van der Waals surface area contributed by atoms with E-state index in [-0.39, 0.29) is 16.9 Å². The van der Waals surface area contributed by atoms with Crippen LogP contribution in [0.1, 0.15) is 5.56 Å². The van der Waals surface area contributed by atoms with Gasteiger partial charge < -0.3 is 9.64 Å². The third-order valence-corrected chi connectivity index (χ3v) is 5.04. The molecule has 2 aliphatic heterocycles. The molecule has 0 aliphatic carbocycles. The van der Waals surface area contributed by atoms with Crippen LogP contribution in [0.5, 0.6) is 0 Å². The highest BCUT2D eigenvalue weighted by molar-refractivity contribution is 6.39. The van der Waals surface area contributed by atoms with Gasteiger partial charge in [0.2, 0.25) is 0 Å². The van der Waals surface area contributed by atoms with Gasteiger partial charge in [-0.15, -0.1) is 0 Å². The molecule has 0 atom stereocenters. The molecule has 164 valence electrons. The van der Waals surface area contributed by atoms with Crippen molar-refractivity contribution < 1.29 is 28.4 Å². The Bertz CT molecular complexity index is 1160. The first kappa shape index (κ1) is 21.1. The predicted octanol–water partition coefficient (Wildman–Crippen LogP) is 2.24. The first-order valence-corrected chi connectivity index (χ1v) is 9.63. The lowest BCUT2D eigenvalue weighted by Gasteiger charge is -2.30. The first-order chi connectivity index (χ1) is 15.3. The predicted molar refractivity (Wildman–Crippen MR) is 112 cm³/mol. The molecule has 2 heterocycles. The van der Waals surface area contributed by atoms with Gasteiger partial charge in [0.25, 0.3) is 17.5 Å². The van der Waals surface area contributed by atoms with E-state index >= 15 is 0 Å². The van der Waals surface area contributed by atoms with E-state index in [1.807, 2.05) is 4.90 Å². The molecular weight excluding hydrogens is 423 g/mol. The number of amides is 4. The second-order valence-electron chi connectivity index (χ2n) is 7.04. The third kappa shape index (κ3) is 4.05. The molecule has 4 rings (SSSR count). The zero-order chi connectivity index (χ0) is 22.8. The average molecular weight is 440 g/mol. The van der Waals surface area contributed by atoms with Crippen LogP contribution < -0.4 is 15.1 Å². The number of imide groups is 2. The Balaban J connectivity index is 1.79. The fraction of sp³-hybridized carbons (Fsp3) is 0.190. The molecule has 0 bridgehead atoms. The van der Waals surface area contributed by atoms with Crippen molar-refractivity contribution in [1.29, 1.82) is 0 Å². The number of nitrogens with zero attached hydrogens (tertiary/aromatic N) is 3. The topological polar surface area (TPSA) is 122 Å². The summed E-state index contributed by atoms with van der Waals surface area (Å²) < 4.78 is 19.0. The summed E-state index contributed by atoms with van der Waals surface area (Å²) >= 11 is 0.